The quantitative estimate of drug-likeness (QED) is 0.324. The van der Waals surface area contributed by atoms with Crippen LogP contribution in [-0.2, 0) is 6.54 Å². The van der Waals surface area contributed by atoms with Gasteiger partial charge in [-0.15, -0.1) is 0 Å². The molecule has 5 heteroatoms. The molecule has 4 aromatic rings. The second-order valence-electron chi connectivity index (χ2n) is 8.54. The molecule has 0 radical (unpaired) electrons. The Labute approximate surface area is 195 Å². The highest BCUT2D eigenvalue weighted by molar-refractivity contribution is 5.94. The number of aryl methyl sites for hydroxylation is 3. The first-order valence-electron chi connectivity index (χ1n) is 11.5. The zero-order chi connectivity index (χ0) is 23.2. The molecular formula is C28H31N3O2. The van der Waals surface area contributed by atoms with Crippen LogP contribution >= 0.6 is 0 Å². The molecule has 1 atom stereocenters. The number of rotatable bonds is 9. The van der Waals surface area contributed by atoms with Gasteiger partial charge >= 0.3 is 0 Å². The smallest absolute Gasteiger partial charge is 0.251 e. The number of hydrogen-bond acceptors (Lipinski definition) is 3. The van der Waals surface area contributed by atoms with Crippen LogP contribution in [0.3, 0.4) is 0 Å². The van der Waals surface area contributed by atoms with Crippen LogP contribution < -0.4 is 10.1 Å². The molecule has 0 aliphatic carbocycles. The van der Waals surface area contributed by atoms with Crippen molar-refractivity contribution in [3.05, 3.63) is 95.3 Å². The lowest BCUT2D eigenvalue weighted by molar-refractivity contribution is 0.0937. The number of aromatic nitrogens is 2. The van der Waals surface area contributed by atoms with Crippen molar-refractivity contribution in [2.24, 2.45) is 0 Å². The molecule has 5 nitrogen and oxygen atoms in total. The highest BCUT2D eigenvalue weighted by Gasteiger charge is 2.19. The number of nitrogens with one attached hydrogen (secondary N) is 1. The van der Waals surface area contributed by atoms with Gasteiger partial charge in [0.15, 0.2) is 0 Å². The number of amides is 1. The molecule has 1 heterocycles. The fourth-order valence-electron chi connectivity index (χ4n) is 3.98. The molecule has 0 saturated heterocycles. The van der Waals surface area contributed by atoms with Gasteiger partial charge in [0.05, 0.1) is 23.7 Å². The molecule has 0 aliphatic rings. The summed E-state index contributed by atoms with van der Waals surface area (Å²) in [7, 11) is 0. The summed E-state index contributed by atoms with van der Waals surface area (Å²) in [5, 5.41) is 3.11. The Kier molecular flexibility index (Phi) is 7.08. The summed E-state index contributed by atoms with van der Waals surface area (Å²) in [5.74, 6) is 1.69. The van der Waals surface area contributed by atoms with Crippen molar-refractivity contribution >= 4 is 16.9 Å². The number of para-hydroxylation sites is 2. The molecule has 4 rings (SSSR count). The Hall–Kier alpha value is -3.60. The third kappa shape index (κ3) is 5.61. The number of hydrogen-bond donors (Lipinski definition) is 1. The zero-order valence-electron chi connectivity index (χ0n) is 19.5. The molecule has 1 aromatic heterocycles. The molecule has 0 aliphatic heterocycles. The van der Waals surface area contributed by atoms with Gasteiger partial charge in [-0.3, -0.25) is 4.79 Å². The third-order valence-electron chi connectivity index (χ3n) is 5.77. The summed E-state index contributed by atoms with van der Waals surface area (Å²) >= 11 is 0. The fraction of sp³-hybridized carbons (Fsp3) is 0.286. The number of benzene rings is 3. The van der Waals surface area contributed by atoms with Crippen molar-refractivity contribution in [2.45, 2.75) is 46.2 Å². The third-order valence-corrected chi connectivity index (χ3v) is 5.77. The lowest BCUT2D eigenvalue weighted by Crippen LogP contribution is -2.28. The van der Waals surface area contributed by atoms with Crippen LogP contribution in [-0.4, -0.2) is 22.1 Å². The molecular weight excluding hydrogens is 410 g/mol. The standard InChI is InChI=1S/C28H31N3O2/c1-20-13-15-23(16-14-20)28(32)29-22(3)27-30-25-11-4-5-12-26(25)31(27)17-6-7-18-33-24-10-8-9-21(2)19-24/h4-5,8-16,19,22H,6-7,17-18H2,1-3H3,(H,29,32). The topological polar surface area (TPSA) is 56.2 Å². The minimum absolute atomic E-state index is 0.0901. The number of fused-ring (bicyclic) bond motifs is 1. The number of imidazole rings is 1. The van der Waals surface area contributed by atoms with Crippen LogP contribution in [0.25, 0.3) is 11.0 Å². The Morgan fingerprint density at radius 1 is 0.970 bits per heavy atom. The van der Waals surface area contributed by atoms with Crippen molar-refractivity contribution < 1.29 is 9.53 Å². The predicted octanol–water partition coefficient (Wildman–Crippen LogP) is 6.00. The van der Waals surface area contributed by atoms with Crippen molar-refractivity contribution in [2.75, 3.05) is 6.61 Å². The van der Waals surface area contributed by atoms with Gasteiger partial charge in [-0.25, -0.2) is 4.98 Å². The predicted molar refractivity (Wildman–Crippen MR) is 133 cm³/mol. The number of carbonyl (C=O) groups excluding carboxylic acids is 1. The van der Waals surface area contributed by atoms with Crippen molar-refractivity contribution in [1.29, 1.82) is 0 Å². The summed E-state index contributed by atoms with van der Waals surface area (Å²) in [4.78, 5) is 17.6. The summed E-state index contributed by atoms with van der Waals surface area (Å²) < 4.78 is 8.12. The average Bonchev–Trinajstić information content (AvgIpc) is 3.18. The Morgan fingerprint density at radius 2 is 1.76 bits per heavy atom. The molecule has 33 heavy (non-hydrogen) atoms. The summed E-state index contributed by atoms with van der Waals surface area (Å²) in [6.07, 6.45) is 1.89. The number of nitrogens with zero attached hydrogens (tertiary/aromatic N) is 2. The first-order chi connectivity index (χ1) is 16.0. The lowest BCUT2D eigenvalue weighted by Gasteiger charge is -2.17. The van der Waals surface area contributed by atoms with Crippen molar-refractivity contribution in [3.8, 4) is 5.75 Å². The van der Waals surface area contributed by atoms with E-state index in [0.29, 0.717) is 12.2 Å². The molecule has 0 saturated carbocycles. The lowest BCUT2D eigenvalue weighted by atomic mass is 10.1. The van der Waals surface area contributed by atoms with E-state index in [9.17, 15) is 4.79 Å². The summed E-state index contributed by atoms with van der Waals surface area (Å²) in [5.41, 5.74) is 5.02. The molecule has 1 unspecified atom stereocenters. The molecule has 170 valence electrons. The molecule has 1 N–H and O–H groups in total. The van der Waals surface area contributed by atoms with Gasteiger partial charge in [-0.2, -0.15) is 0 Å². The average molecular weight is 442 g/mol. The Morgan fingerprint density at radius 3 is 2.55 bits per heavy atom. The summed E-state index contributed by atoms with van der Waals surface area (Å²) in [6.45, 7) is 7.56. The van der Waals surface area contributed by atoms with Crippen LogP contribution in [0.1, 0.15) is 53.1 Å². The van der Waals surface area contributed by atoms with E-state index in [4.69, 9.17) is 9.72 Å². The van der Waals surface area contributed by atoms with Crippen LogP contribution in [0.4, 0.5) is 0 Å². The Balaban J connectivity index is 1.42. The first kappa shape index (κ1) is 22.6. The van der Waals surface area contributed by atoms with Gasteiger partial charge in [0.1, 0.15) is 11.6 Å². The van der Waals surface area contributed by atoms with Crippen molar-refractivity contribution in [1.82, 2.24) is 14.9 Å². The largest absolute Gasteiger partial charge is 0.494 e. The maximum absolute atomic E-state index is 12.8. The first-order valence-corrected chi connectivity index (χ1v) is 11.5. The van der Waals surface area contributed by atoms with Crippen molar-refractivity contribution in [3.63, 3.8) is 0 Å². The minimum Gasteiger partial charge on any atom is -0.494 e. The number of carbonyl (C=O) groups is 1. The SMILES string of the molecule is Cc1ccc(C(=O)NC(C)c2nc3ccccc3n2CCCCOc2cccc(C)c2)cc1. The van der Waals surface area contributed by atoms with E-state index in [0.717, 1.165) is 47.6 Å². The van der Waals surface area contributed by atoms with E-state index in [1.54, 1.807) is 0 Å². The van der Waals surface area contributed by atoms with E-state index in [1.165, 1.54) is 5.56 Å². The van der Waals surface area contributed by atoms with Gasteiger partial charge in [0, 0.05) is 12.1 Å². The minimum atomic E-state index is -0.213. The molecule has 0 bridgehead atoms. The number of unbranched alkanes of at least 4 members (excludes halogenated alkanes) is 1. The van der Waals surface area contributed by atoms with E-state index in [-0.39, 0.29) is 11.9 Å². The maximum Gasteiger partial charge on any atom is 0.251 e. The van der Waals surface area contributed by atoms with E-state index in [1.807, 2.05) is 68.4 Å². The maximum atomic E-state index is 12.8. The Bertz CT molecular complexity index is 1230. The van der Waals surface area contributed by atoms with E-state index >= 15 is 0 Å². The van der Waals surface area contributed by atoms with Gasteiger partial charge in [-0.1, -0.05) is 42.0 Å². The second kappa shape index (κ2) is 10.3. The highest BCUT2D eigenvalue weighted by Crippen LogP contribution is 2.22. The molecule has 3 aromatic carbocycles. The van der Waals surface area contributed by atoms with Gasteiger partial charge < -0.3 is 14.6 Å². The fourth-order valence-corrected chi connectivity index (χ4v) is 3.98. The van der Waals surface area contributed by atoms with Crippen LogP contribution in [0, 0.1) is 13.8 Å². The van der Waals surface area contributed by atoms with Gasteiger partial charge in [-0.05, 0) is 75.6 Å². The number of ether oxygens (including phenoxy) is 1. The van der Waals surface area contributed by atoms with Crippen LogP contribution in [0.5, 0.6) is 5.75 Å². The normalized spacial score (nSPS) is 12.0. The van der Waals surface area contributed by atoms with Gasteiger partial charge in [0.2, 0.25) is 0 Å². The molecule has 0 fully saturated rings. The molecule has 0 spiro atoms. The van der Waals surface area contributed by atoms with E-state index in [2.05, 4.69) is 35.0 Å². The second-order valence-corrected chi connectivity index (χ2v) is 8.54. The summed E-state index contributed by atoms with van der Waals surface area (Å²) in [6, 6.07) is 23.7. The van der Waals surface area contributed by atoms with Crippen LogP contribution in [0.15, 0.2) is 72.8 Å². The zero-order valence-corrected chi connectivity index (χ0v) is 19.5. The highest BCUT2D eigenvalue weighted by atomic mass is 16.5. The van der Waals surface area contributed by atoms with Crippen LogP contribution in [0.2, 0.25) is 0 Å². The van der Waals surface area contributed by atoms with Gasteiger partial charge in [0.25, 0.3) is 5.91 Å². The van der Waals surface area contributed by atoms with E-state index < -0.39 is 0 Å². The monoisotopic (exact) mass is 441 g/mol. The molecule has 1 amide bonds.